The maximum Gasteiger partial charge on any atom is 0.222 e. The van der Waals surface area contributed by atoms with Crippen LogP contribution in [0.2, 0.25) is 5.28 Å². The molecule has 2 aromatic rings. The lowest BCUT2D eigenvalue weighted by molar-refractivity contribution is 0.586. The Hall–Kier alpha value is -1.41. The average molecular weight is 275 g/mol. The van der Waals surface area contributed by atoms with E-state index in [-0.39, 0.29) is 0 Å². The van der Waals surface area contributed by atoms with Crippen LogP contribution in [0.3, 0.4) is 0 Å². The van der Waals surface area contributed by atoms with E-state index in [1.54, 1.807) is 6.20 Å². The number of aryl methyl sites for hydroxylation is 2. The molecule has 0 atom stereocenters. The number of hydrogen-bond acceptors (Lipinski definition) is 2. The molecule has 0 N–H and O–H groups in total. The van der Waals surface area contributed by atoms with Gasteiger partial charge in [-0.25, -0.2) is 9.97 Å². The van der Waals surface area contributed by atoms with Crippen LogP contribution in [0.5, 0.6) is 0 Å². The third kappa shape index (κ3) is 3.77. The summed E-state index contributed by atoms with van der Waals surface area (Å²) in [7, 11) is 0. The molecule has 0 saturated carbocycles. The molecule has 100 valence electrons. The molecule has 0 amide bonds. The molecule has 1 aromatic carbocycles. The van der Waals surface area contributed by atoms with E-state index in [0.29, 0.717) is 5.28 Å². The molecule has 2 nitrogen and oxygen atoms in total. The van der Waals surface area contributed by atoms with Gasteiger partial charge in [-0.3, -0.25) is 0 Å². The van der Waals surface area contributed by atoms with Gasteiger partial charge in [0.25, 0.3) is 0 Å². The predicted molar refractivity (Wildman–Crippen MR) is 80.4 cm³/mol. The monoisotopic (exact) mass is 274 g/mol. The highest BCUT2D eigenvalue weighted by atomic mass is 35.5. The second kappa shape index (κ2) is 6.16. The SMILES string of the molecule is Cc1cc(-c2ccnc(Cl)n2)ccc1CCC(C)C. The summed E-state index contributed by atoms with van der Waals surface area (Å²) in [6.45, 7) is 6.67. The molecular weight excluding hydrogens is 256 g/mol. The number of benzene rings is 1. The van der Waals surface area contributed by atoms with Crippen LogP contribution in [0.1, 0.15) is 31.4 Å². The van der Waals surface area contributed by atoms with E-state index in [1.165, 1.54) is 17.5 Å². The standard InChI is InChI=1S/C16H19ClN2/c1-11(2)4-5-13-6-7-14(10-12(13)3)15-8-9-18-16(17)19-15/h6-11H,4-5H2,1-3H3. The molecule has 0 aliphatic heterocycles. The summed E-state index contributed by atoms with van der Waals surface area (Å²) in [6.07, 6.45) is 4.04. The minimum absolute atomic E-state index is 0.291. The van der Waals surface area contributed by atoms with Gasteiger partial charge in [0.2, 0.25) is 5.28 Å². The average Bonchev–Trinajstić information content (AvgIpc) is 2.37. The zero-order chi connectivity index (χ0) is 13.8. The van der Waals surface area contributed by atoms with Gasteiger partial charge >= 0.3 is 0 Å². The van der Waals surface area contributed by atoms with Gasteiger partial charge in [0.1, 0.15) is 0 Å². The number of aromatic nitrogens is 2. The highest BCUT2D eigenvalue weighted by Crippen LogP contribution is 2.22. The van der Waals surface area contributed by atoms with Crippen molar-refractivity contribution in [3.05, 3.63) is 46.9 Å². The Labute approximate surface area is 119 Å². The molecule has 0 fully saturated rings. The van der Waals surface area contributed by atoms with E-state index in [0.717, 1.165) is 23.6 Å². The number of rotatable bonds is 4. The molecule has 0 aliphatic carbocycles. The fraction of sp³-hybridized carbons (Fsp3) is 0.375. The molecule has 1 heterocycles. The summed E-state index contributed by atoms with van der Waals surface area (Å²) in [6, 6.07) is 8.37. The Kier molecular flexibility index (Phi) is 4.54. The lowest BCUT2D eigenvalue weighted by Gasteiger charge is -2.10. The number of nitrogens with zero attached hydrogens (tertiary/aromatic N) is 2. The van der Waals surface area contributed by atoms with Crippen LogP contribution in [-0.2, 0) is 6.42 Å². The normalized spacial score (nSPS) is 11.0. The fourth-order valence-corrected chi connectivity index (χ4v) is 2.22. The van der Waals surface area contributed by atoms with Crippen molar-refractivity contribution in [2.24, 2.45) is 5.92 Å². The lowest BCUT2D eigenvalue weighted by Crippen LogP contribution is -1.95. The summed E-state index contributed by atoms with van der Waals surface area (Å²) >= 11 is 5.83. The van der Waals surface area contributed by atoms with Gasteiger partial charge in [0, 0.05) is 11.8 Å². The first-order valence-electron chi connectivity index (χ1n) is 6.64. The van der Waals surface area contributed by atoms with Crippen molar-refractivity contribution in [1.82, 2.24) is 9.97 Å². The van der Waals surface area contributed by atoms with E-state index in [9.17, 15) is 0 Å². The Bertz CT molecular complexity index is 564. The Morgan fingerprint density at radius 3 is 2.63 bits per heavy atom. The Balaban J connectivity index is 2.23. The van der Waals surface area contributed by atoms with Gasteiger partial charge in [-0.1, -0.05) is 26.0 Å². The van der Waals surface area contributed by atoms with Gasteiger partial charge < -0.3 is 0 Å². The zero-order valence-electron chi connectivity index (χ0n) is 11.7. The molecule has 3 heteroatoms. The largest absolute Gasteiger partial charge is 0.226 e. The van der Waals surface area contributed by atoms with Crippen LogP contribution in [0.4, 0.5) is 0 Å². The molecule has 2 rings (SSSR count). The van der Waals surface area contributed by atoms with Crippen LogP contribution < -0.4 is 0 Å². The first-order chi connectivity index (χ1) is 9.06. The number of halogens is 1. The van der Waals surface area contributed by atoms with Crippen LogP contribution in [0.25, 0.3) is 11.3 Å². The zero-order valence-corrected chi connectivity index (χ0v) is 12.4. The predicted octanol–water partition coefficient (Wildman–Crippen LogP) is 4.69. The first-order valence-corrected chi connectivity index (χ1v) is 7.02. The van der Waals surface area contributed by atoms with Crippen molar-refractivity contribution in [3.8, 4) is 11.3 Å². The smallest absolute Gasteiger partial charge is 0.222 e. The number of hydrogen-bond donors (Lipinski definition) is 0. The fourth-order valence-electron chi connectivity index (χ4n) is 2.08. The van der Waals surface area contributed by atoms with E-state index < -0.39 is 0 Å². The molecule has 0 bridgehead atoms. The van der Waals surface area contributed by atoms with Crippen molar-refractivity contribution in [1.29, 1.82) is 0 Å². The maximum atomic E-state index is 5.83. The van der Waals surface area contributed by atoms with Gasteiger partial charge in [-0.05, 0) is 60.5 Å². The second-order valence-corrected chi connectivity index (χ2v) is 5.62. The highest BCUT2D eigenvalue weighted by Gasteiger charge is 2.05. The van der Waals surface area contributed by atoms with E-state index >= 15 is 0 Å². The molecule has 0 spiro atoms. The Morgan fingerprint density at radius 1 is 1.21 bits per heavy atom. The highest BCUT2D eigenvalue weighted by molar-refractivity contribution is 6.28. The molecule has 0 saturated heterocycles. The van der Waals surface area contributed by atoms with E-state index in [4.69, 9.17) is 11.6 Å². The summed E-state index contributed by atoms with van der Waals surface area (Å²) in [5.41, 5.74) is 4.69. The first kappa shape index (κ1) is 14.0. The molecule has 0 aliphatic rings. The lowest BCUT2D eigenvalue weighted by atomic mass is 9.97. The van der Waals surface area contributed by atoms with Crippen LogP contribution >= 0.6 is 11.6 Å². The third-order valence-electron chi connectivity index (χ3n) is 3.26. The van der Waals surface area contributed by atoms with E-state index in [1.807, 2.05) is 6.07 Å². The maximum absolute atomic E-state index is 5.83. The van der Waals surface area contributed by atoms with Crippen molar-refractivity contribution in [2.75, 3.05) is 0 Å². The summed E-state index contributed by atoms with van der Waals surface area (Å²) in [5.74, 6) is 0.736. The van der Waals surface area contributed by atoms with Crippen molar-refractivity contribution in [2.45, 2.75) is 33.6 Å². The van der Waals surface area contributed by atoms with E-state index in [2.05, 4.69) is 48.9 Å². The molecule has 0 unspecified atom stereocenters. The molecular formula is C16H19ClN2. The molecule has 0 radical (unpaired) electrons. The Morgan fingerprint density at radius 2 is 2.00 bits per heavy atom. The van der Waals surface area contributed by atoms with Crippen molar-refractivity contribution in [3.63, 3.8) is 0 Å². The minimum atomic E-state index is 0.291. The second-order valence-electron chi connectivity index (χ2n) is 5.28. The summed E-state index contributed by atoms with van der Waals surface area (Å²) in [5, 5.41) is 0.291. The van der Waals surface area contributed by atoms with Crippen molar-refractivity contribution < 1.29 is 0 Å². The molecule has 19 heavy (non-hydrogen) atoms. The summed E-state index contributed by atoms with van der Waals surface area (Å²) in [4.78, 5) is 8.15. The third-order valence-corrected chi connectivity index (χ3v) is 3.44. The van der Waals surface area contributed by atoms with Crippen LogP contribution in [-0.4, -0.2) is 9.97 Å². The molecule has 1 aromatic heterocycles. The summed E-state index contributed by atoms with van der Waals surface area (Å²) < 4.78 is 0. The quantitative estimate of drug-likeness (QED) is 0.756. The van der Waals surface area contributed by atoms with Crippen molar-refractivity contribution >= 4 is 11.6 Å². The minimum Gasteiger partial charge on any atom is -0.226 e. The van der Waals surface area contributed by atoms with Gasteiger partial charge in [-0.2, -0.15) is 0 Å². The van der Waals surface area contributed by atoms with Gasteiger partial charge in [0.15, 0.2) is 0 Å². The van der Waals surface area contributed by atoms with Crippen LogP contribution in [0.15, 0.2) is 30.5 Å². The van der Waals surface area contributed by atoms with Crippen LogP contribution in [0, 0.1) is 12.8 Å². The van der Waals surface area contributed by atoms with Gasteiger partial charge in [0.05, 0.1) is 5.69 Å². The van der Waals surface area contributed by atoms with Gasteiger partial charge in [-0.15, -0.1) is 0 Å². The topological polar surface area (TPSA) is 25.8 Å².